The zero-order chi connectivity index (χ0) is 22.1. The number of fused-ring (bicyclic) bond motifs is 1. The largest absolute Gasteiger partial charge is 0.393 e. The van der Waals surface area contributed by atoms with Crippen LogP contribution in [0.25, 0.3) is 0 Å². The van der Waals surface area contributed by atoms with Crippen LogP contribution in [0.1, 0.15) is 72.6 Å². The Morgan fingerprint density at radius 3 is 2.77 bits per heavy atom. The highest BCUT2D eigenvalue weighted by molar-refractivity contribution is 5.40. The molecule has 0 aromatic rings. The topological polar surface area (TPSA) is 60.7 Å². The van der Waals surface area contributed by atoms with Crippen molar-refractivity contribution >= 4 is 0 Å². The number of aliphatic hydroxyl groups excluding tert-OH is 2. The molecule has 0 aromatic heterocycles. The highest BCUT2D eigenvalue weighted by Gasteiger charge is 2.45. The molecule has 0 saturated heterocycles. The number of hydrogen-bond donors (Lipinski definition) is 3. The second kappa shape index (κ2) is 8.87. The van der Waals surface area contributed by atoms with Gasteiger partial charge in [-0.3, -0.25) is 0 Å². The van der Waals surface area contributed by atoms with Crippen molar-refractivity contribution < 1.29 is 15.3 Å². The van der Waals surface area contributed by atoms with E-state index in [0.717, 1.165) is 30.4 Å². The summed E-state index contributed by atoms with van der Waals surface area (Å²) in [5, 5.41) is 30.0. The predicted molar refractivity (Wildman–Crippen MR) is 123 cm³/mol. The molecule has 0 amide bonds. The quantitative estimate of drug-likeness (QED) is 0.460. The van der Waals surface area contributed by atoms with Crippen molar-refractivity contribution in [3.63, 3.8) is 0 Å². The zero-order valence-corrected chi connectivity index (χ0v) is 19.0. The van der Waals surface area contributed by atoms with Crippen LogP contribution < -0.4 is 0 Å². The summed E-state index contributed by atoms with van der Waals surface area (Å²) in [5.74, 6) is 7.03. The fraction of sp³-hybridized carbons (Fsp3) is 0.630. The predicted octanol–water partition coefficient (Wildman–Crippen LogP) is 4.85. The summed E-state index contributed by atoms with van der Waals surface area (Å²) >= 11 is 0. The lowest BCUT2D eigenvalue weighted by Crippen LogP contribution is -2.32. The Labute approximate surface area is 182 Å². The summed E-state index contributed by atoms with van der Waals surface area (Å²) in [6.45, 7) is 12.1. The average Bonchev–Trinajstić information content (AvgIpc) is 3.00. The van der Waals surface area contributed by atoms with Crippen molar-refractivity contribution in [2.24, 2.45) is 17.3 Å². The monoisotopic (exact) mass is 410 g/mol. The number of allylic oxidation sites excluding steroid dienone is 5. The normalized spacial score (nSPS) is 35.6. The van der Waals surface area contributed by atoms with Gasteiger partial charge >= 0.3 is 0 Å². The van der Waals surface area contributed by atoms with Gasteiger partial charge in [-0.2, -0.15) is 0 Å². The van der Waals surface area contributed by atoms with Gasteiger partial charge in [-0.1, -0.05) is 61.6 Å². The van der Waals surface area contributed by atoms with Crippen molar-refractivity contribution in [3.8, 4) is 11.8 Å². The summed E-state index contributed by atoms with van der Waals surface area (Å²) in [7, 11) is 0. The molecule has 3 aliphatic rings. The number of hydrogen-bond acceptors (Lipinski definition) is 3. The molecule has 3 nitrogen and oxygen atoms in total. The standard InChI is InChI=1S/C27H38O3/c1-18(8-6-14-26(3,4)30)23-12-13-24-20(9-7-15-27(23,24)5)10-11-21-16-22(28)17-25(29)19(21)2/h10-12,18,22,24-25,28-30H,2,7-9,13,15-17H2,1,3-5H3/t18-,22-,24?,25+,27-/m1/s1. The molecular formula is C27H38O3. The van der Waals surface area contributed by atoms with Crippen LogP contribution in [0, 0.1) is 29.1 Å². The van der Waals surface area contributed by atoms with Gasteiger partial charge in [0.2, 0.25) is 0 Å². The number of aliphatic hydroxyl groups is 3. The molecule has 3 aliphatic carbocycles. The molecule has 1 unspecified atom stereocenters. The van der Waals surface area contributed by atoms with Crippen LogP contribution in [-0.4, -0.2) is 33.1 Å². The molecule has 3 N–H and O–H groups in total. The van der Waals surface area contributed by atoms with Crippen molar-refractivity contribution in [2.75, 3.05) is 0 Å². The maximum Gasteiger partial charge on any atom is 0.119 e. The molecule has 3 heteroatoms. The minimum absolute atomic E-state index is 0.168. The second-order valence-electron chi connectivity index (χ2n) is 10.3. The molecule has 2 saturated carbocycles. The Morgan fingerprint density at radius 2 is 2.07 bits per heavy atom. The minimum Gasteiger partial charge on any atom is -0.393 e. The third-order valence-corrected chi connectivity index (χ3v) is 7.21. The lowest BCUT2D eigenvalue weighted by atomic mass is 9.62. The molecule has 3 rings (SSSR count). The summed E-state index contributed by atoms with van der Waals surface area (Å²) < 4.78 is 0. The first-order valence-corrected chi connectivity index (χ1v) is 11.4. The van der Waals surface area contributed by atoms with Crippen molar-refractivity contribution in [1.29, 1.82) is 0 Å². The average molecular weight is 411 g/mol. The van der Waals surface area contributed by atoms with Crippen LogP contribution in [0.15, 0.2) is 47.1 Å². The van der Waals surface area contributed by atoms with E-state index >= 15 is 0 Å². The molecule has 0 bridgehead atoms. The van der Waals surface area contributed by atoms with Gasteiger partial charge in [-0.15, -0.1) is 0 Å². The van der Waals surface area contributed by atoms with Gasteiger partial charge in [0, 0.05) is 12.8 Å². The molecular weight excluding hydrogens is 372 g/mol. The van der Waals surface area contributed by atoms with E-state index in [-0.39, 0.29) is 5.41 Å². The summed E-state index contributed by atoms with van der Waals surface area (Å²) in [6, 6.07) is 0. The van der Waals surface area contributed by atoms with Crippen molar-refractivity contribution in [3.05, 3.63) is 47.1 Å². The SMILES string of the molecule is C=C1C(=CC=C2CCC[C@]3(C)C([C@H](C)CC#CC(C)(C)O)=CCC23)C[C@@H](O)C[C@@H]1O. The van der Waals surface area contributed by atoms with Crippen LogP contribution in [-0.2, 0) is 0 Å². The second-order valence-corrected chi connectivity index (χ2v) is 10.3. The van der Waals surface area contributed by atoms with Gasteiger partial charge < -0.3 is 15.3 Å². The van der Waals surface area contributed by atoms with E-state index in [1.165, 1.54) is 24.0 Å². The summed E-state index contributed by atoms with van der Waals surface area (Å²) in [5.41, 5.74) is 3.95. The van der Waals surface area contributed by atoms with E-state index in [2.05, 4.69) is 50.5 Å². The molecule has 30 heavy (non-hydrogen) atoms. The third kappa shape index (κ3) is 4.99. The van der Waals surface area contributed by atoms with Crippen LogP contribution in [0.2, 0.25) is 0 Å². The van der Waals surface area contributed by atoms with Crippen LogP contribution in [0.5, 0.6) is 0 Å². The maximum absolute atomic E-state index is 10.1. The Kier molecular flexibility index (Phi) is 6.82. The molecule has 164 valence electrons. The minimum atomic E-state index is -0.936. The highest BCUT2D eigenvalue weighted by Crippen LogP contribution is 2.56. The van der Waals surface area contributed by atoms with E-state index in [1.807, 2.05) is 0 Å². The lowest BCUT2D eigenvalue weighted by Gasteiger charge is -2.42. The Hall–Kier alpha value is -1.60. The molecule has 0 spiro atoms. The Morgan fingerprint density at radius 1 is 1.33 bits per heavy atom. The molecule has 0 aromatic carbocycles. The van der Waals surface area contributed by atoms with Crippen LogP contribution >= 0.6 is 0 Å². The molecule has 2 fully saturated rings. The van der Waals surface area contributed by atoms with Crippen molar-refractivity contribution in [2.45, 2.75) is 90.4 Å². The first-order chi connectivity index (χ1) is 14.0. The first kappa shape index (κ1) is 23.1. The molecule has 5 atom stereocenters. The summed E-state index contributed by atoms with van der Waals surface area (Å²) in [6.07, 6.45) is 11.9. The molecule has 0 radical (unpaired) electrons. The van der Waals surface area contributed by atoms with E-state index in [1.54, 1.807) is 13.8 Å². The fourth-order valence-corrected chi connectivity index (χ4v) is 5.61. The molecule has 0 aliphatic heterocycles. The fourth-order valence-electron chi connectivity index (χ4n) is 5.61. The third-order valence-electron chi connectivity index (χ3n) is 7.21. The van der Waals surface area contributed by atoms with Crippen LogP contribution in [0.3, 0.4) is 0 Å². The Bertz CT molecular complexity index is 826. The van der Waals surface area contributed by atoms with Gasteiger partial charge in [-0.25, -0.2) is 0 Å². The zero-order valence-electron chi connectivity index (χ0n) is 19.0. The maximum atomic E-state index is 10.1. The smallest absolute Gasteiger partial charge is 0.119 e. The van der Waals surface area contributed by atoms with Gasteiger partial charge in [0.15, 0.2) is 0 Å². The van der Waals surface area contributed by atoms with Gasteiger partial charge in [0.1, 0.15) is 5.60 Å². The van der Waals surface area contributed by atoms with E-state index in [9.17, 15) is 15.3 Å². The van der Waals surface area contributed by atoms with E-state index < -0.39 is 17.8 Å². The van der Waals surface area contributed by atoms with Gasteiger partial charge in [-0.05, 0) is 74.3 Å². The van der Waals surface area contributed by atoms with Gasteiger partial charge in [0.05, 0.1) is 12.2 Å². The van der Waals surface area contributed by atoms with E-state index in [0.29, 0.717) is 24.7 Å². The Balaban J connectivity index is 1.76. The lowest BCUT2D eigenvalue weighted by molar-refractivity contribution is 0.0862. The summed E-state index contributed by atoms with van der Waals surface area (Å²) in [4.78, 5) is 0. The number of rotatable bonds is 3. The van der Waals surface area contributed by atoms with E-state index in [4.69, 9.17) is 0 Å². The van der Waals surface area contributed by atoms with Crippen molar-refractivity contribution in [1.82, 2.24) is 0 Å². The van der Waals surface area contributed by atoms with Crippen LogP contribution in [0.4, 0.5) is 0 Å². The first-order valence-electron chi connectivity index (χ1n) is 11.4. The highest BCUT2D eigenvalue weighted by atomic mass is 16.3. The van der Waals surface area contributed by atoms with Gasteiger partial charge in [0.25, 0.3) is 0 Å². The molecule has 0 heterocycles.